The highest BCUT2D eigenvalue weighted by atomic mass is 16.3. The van der Waals surface area contributed by atoms with Crippen molar-refractivity contribution in [2.75, 3.05) is 14.1 Å². The molecule has 0 aromatic heterocycles. The zero-order valence-electron chi connectivity index (χ0n) is 12.1. The minimum absolute atomic E-state index is 0.0505. The molecule has 0 saturated heterocycles. The molecular weight excluding hydrogens is 252 g/mol. The molecule has 1 saturated carbocycles. The fraction of sp³-hybridized carbons (Fsp3) is 0.562. The summed E-state index contributed by atoms with van der Waals surface area (Å²) >= 11 is 0. The Labute approximate surface area is 119 Å². The highest BCUT2D eigenvalue weighted by Gasteiger charge is 2.47. The Bertz CT molecular complexity index is 523. The maximum Gasteiger partial charge on any atom is 0.241 e. The Kier molecular flexibility index (Phi) is 3.30. The lowest BCUT2D eigenvalue weighted by molar-refractivity contribution is -0.139. The number of benzene rings is 1. The summed E-state index contributed by atoms with van der Waals surface area (Å²) in [5.41, 5.74) is 1.82. The van der Waals surface area contributed by atoms with E-state index in [1.54, 1.807) is 0 Å². The Morgan fingerprint density at radius 2 is 2.05 bits per heavy atom. The van der Waals surface area contributed by atoms with Gasteiger partial charge in [0, 0.05) is 6.42 Å². The molecule has 2 N–H and O–H groups in total. The number of likely N-dealkylation sites (N-methyl/N-ethyl adjacent to an activating group) is 1. The molecule has 4 nitrogen and oxygen atoms in total. The normalized spacial score (nSPS) is 27.0. The molecule has 1 fully saturated rings. The molecule has 2 atom stereocenters. The van der Waals surface area contributed by atoms with Crippen molar-refractivity contribution in [2.45, 2.75) is 43.4 Å². The molecule has 1 aromatic rings. The van der Waals surface area contributed by atoms with Crippen LogP contribution in [0.2, 0.25) is 0 Å². The number of amides is 1. The van der Waals surface area contributed by atoms with Crippen LogP contribution in [0.15, 0.2) is 24.3 Å². The zero-order chi connectivity index (χ0) is 14.3. The van der Waals surface area contributed by atoms with Crippen molar-refractivity contribution in [1.82, 2.24) is 10.2 Å². The highest BCUT2D eigenvalue weighted by Crippen LogP contribution is 2.38. The number of hydrogen-bond acceptors (Lipinski definition) is 3. The fourth-order valence-corrected chi connectivity index (χ4v) is 3.41. The Hall–Kier alpha value is -1.39. The van der Waals surface area contributed by atoms with Crippen LogP contribution in [0.25, 0.3) is 0 Å². The second-order valence-corrected chi connectivity index (χ2v) is 6.20. The van der Waals surface area contributed by atoms with Gasteiger partial charge in [0.05, 0.1) is 17.7 Å². The number of hydrogen-bond donors (Lipinski definition) is 2. The first-order valence-corrected chi connectivity index (χ1v) is 7.29. The van der Waals surface area contributed by atoms with Crippen molar-refractivity contribution in [3.8, 4) is 0 Å². The summed E-state index contributed by atoms with van der Waals surface area (Å²) in [7, 11) is 3.91. The van der Waals surface area contributed by atoms with Crippen LogP contribution in [0, 0.1) is 0 Å². The van der Waals surface area contributed by atoms with E-state index in [1.807, 2.05) is 43.3 Å². The van der Waals surface area contributed by atoms with E-state index < -0.39 is 6.10 Å². The summed E-state index contributed by atoms with van der Waals surface area (Å²) in [5.74, 6) is 0.0505. The maximum atomic E-state index is 12.6. The van der Waals surface area contributed by atoms with Gasteiger partial charge in [-0.3, -0.25) is 9.69 Å². The summed E-state index contributed by atoms with van der Waals surface area (Å²) in [6.45, 7) is 0. The molecule has 0 spiro atoms. The SMILES string of the molecule is CN(C)C1(C(=O)NC2c3ccccc3CC2O)CCC1. The molecule has 1 amide bonds. The van der Waals surface area contributed by atoms with Gasteiger partial charge in [-0.25, -0.2) is 0 Å². The lowest BCUT2D eigenvalue weighted by Gasteiger charge is -2.46. The molecule has 0 bridgehead atoms. The smallest absolute Gasteiger partial charge is 0.241 e. The van der Waals surface area contributed by atoms with Gasteiger partial charge in [-0.1, -0.05) is 24.3 Å². The summed E-state index contributed by atoms with van der Waals surface area (Å²) in [5, 5.41) is 13.3. The van der Waals surface area contributed by atoms with Crippen LogP contribution >= 0.6 is 0 Å². The zero-order valence-corrected chi connectivity index (χ0v) is 12.1. The fourth-order valence-electron chi connectivity index (χ4n) is 3.41. The number of fused-ring (bicyclic) bond motifs is 1. The van der Waals surface area contributed by atoms with E-state index in [-0.39, 0.29) is 17.5 Å². The second-order valence-electron chi connectivity index (χ2n) is 6.20. The van der Waals surface area contributed by atoms with Crippen LogP contribution < -0.4 is 5.32 Å². The lowest BCUT2D eigenvalue weighted by atomic mass is 9.74. The minimum Gasteiger partial charge on any atom is -0.390 e. The van der Waals surface area contributed by atoms with E-state index in [1.165, 1.54) is 0 Å². The maximum absolute atomic E-state index is 12.6. The van der Waals surface area contributed by atoms with Gasteiger partial charge in [0.1, 0.15) is 0 Å². The number of carbonyl (C=O) groups is 1. The van der Waals surface area contributed by atoms with Gasteiger partial charge in [-0.05, 0) is 44.5 Å². The topological polar surface area (TPSA) is 52.6 Å². The predicted octanol–water partition coefficient (Wildman–Crippen LogP) is 1.25. The summed E-state index contributed by atoms with van der Waals surface area (Å²) in [4.78, 5) is 14.6. The number of aliphatic hydroxyl groups excluding tert-OH is 1. The monoisotopic (exact) mass is 274 g/mol. The van der Waals surface area contributed by atoms with Crippen LogP contribution in [0.5, 0.6) is 0 Å². The molecule has 20 heavy (non-hydrogen) atoms. The molecule has 0 aliphatic heterocycles. The lowest BCUT2D eigenvalue weighted by Crippen LogP contribution is -2.61. The van der Waals surface area contributed by atoms with E-state index >= 15 is 0 Å². The average Bonchev–Trinajstić information content (AvgIpc) is 2.64. The van der Waals surface area contributed by atoms with Crippen molar-refractivity contribution in [3.63, 3.8) is 0 Å². The standard InChI is InChI=1S/C16H22N2O2/c1-18(2)16(8-5-9-16)15(20)17-14-12-7-4-3-6-11(12)10-13(14)19/h3-4,6-7,13-14,19H,5,8-10H2,1-2H3,(H,17,20). The Balaban J connectivity index is 1.80. The number of nitrogens with zero attached hydrogens (tertiary/aromatic N) is 1. The number of aliphatic hydroxyl groups is 1. The van der Waals surface area contributed by atoms with E-state index in [0.29, 0.717) is 6.42 Å². The quantitative estimate of drug-likeness (QED) is 0.872. The van der Waals surface area contributed by atoms with E-state index in [2.05, 4.69) is 5.32 Å². The van der Waals surface area contributed by atoms with Crippen LogP contribution in [0.3, 0.4) is 0 Å². The highest BCUT2D eigenvalue weighted by molar-refractivity contribution is 5.87. The van der Waals surface area contributed by atoms with Crippen molar-refractivity contribution < 1.29 is 9.90 Å². The Morgan fingerprint density at radius 3 is 2.65 bits per heavy atom. The molecule has 4 heteroatoms. The summed E-state index contributed by atoms with van der Waals surface area (Å²) in [6.07, 6.45) is 2.99. The summed E-state index contributed by atoms with van der Waals surface area (Å²) in [6, 6.07) is 7.69. The number of rotatable bonds is 3. The van der Waals surface area contributed by atoms with Gasteiger partial charge >= 0.3 is 0 Å². The van der Waals surface area contributed by atoms with Gasteiger partial charge in [0.2, 0.25) is 5.91 Å². The van der Waals surface area contributed by atoms with Crippen LogP contribution in [0.4, 0.5) is 0 Å². The molecule has 1 aromatic carbocycles. The van der Waals surface area contributed by atoms with Crippen molar-refractivity contribution in [3.05, 3.63) is 35.4 Å². The van der Waals surface area contributed by atoms with Crippen LogP contribution in [-0.2, 0) is 11.2 Å². The third-order valence-electron chi connectivity index (χ3n) is 4.95. The first kappa shape index (κ1) is 13.6. The first-order valence-electron chi connectivity index (χ1n) is 7.29. The molecule has 2 aliphatic rings. The molecule has 2 unspecified atom stereocenters. The third kappa shape index (κ3) is 1.95. The van der Waals surface area contributed by atoms with Crippen molar-refractivity contribution >= 4 is 5.91 Å². The van der Waals surface area contributed by atoms with E-state index in [0.717, 1.165) is 30.4 Å². The molecular formula is C16H22N2O2. The van der Waals surface area contributed by atoms with Gasteiger partial charge in [-0.15, -0.1) is 0 Å². The second kappa shape index (κ2) is 4.86. The van der Waals surface area contributed by atoms with Gasteiger partial charge in [0.15, 0.2) is 0 Å². The van der Waals surface area contributed by atoms with Gasteiger partial charge in [0.25, 0.3) is 0 Å². The van der Waals surface area contributed by atoms with Crippen LogP contribution in [-0.4, -0.2) is 41.7 Å². The Morgan fingerprint density at radius 1 is 1.35 bits per heavy atom. The average molecular weight is 274 g/mol. The van der Waals surface area contributed by atoms with Crippen LogP contribution in [0.1, 0.15) is 36.4 Å². The number of carbonyl (C=O) groups excluding carboxylic acids is 1. The van der Waals surface area contributed by atoms with Crippen molar-refractivity contribution in [2.24, 2.45) is 0 Å². The molecule has 108 valence electrons. The van der Waals surface area contributed by atoms with Crippen molar-refractivity contribution in [1.29, 1.82) is 0 Å². The molecule has 3 rings (SSSR count). The molecule has 0 radical (unpaired) electrons. The molecule has 0 heterocycles. The number of nitrogens with one attached hydrogen (secondary N) is 1. The largest absolute Gasteiger partial charge is 0.390 e. The minimum atomic E-state index is -0.518. The summed E-state index contributed by atoms with van der Waals surface area (Å²) < 4.78 is 0. The van der Waals surface area contributed by atoms with Gasteiger partial charge in [-0.2, -0.15) is 0 Å². The van der Waals surface area contributed by atoms with Gasteiger partial charge < -0.3 is 10.4 Å². The first-order chi connectivity index (χ1) is 9.54. The van der Waals surface area contributed by atoms with E-state index in [4.69, 9.17) is 0 Å². The predicted molar refractivity (Wildman–Crippen MR) is 77.3 cm³/mol. The van der Waals surface area contributed by atoms with E-state index in [9.17, 15) is 9.90 Å². The molecule has 2 aliphatic carbocycles. The third-order valence-corrected chi connectivity index (χ3v) is 4.95.